The molecule has 41 heavy (non-hydrogen) atoms. The first-order chi connectivity index (χ1) is 19.6. The van der Waals surface area contributed by atoms with Crippen LogP contribution in [0.4, 0.5) is 5.82 Å². The first kappa shape index (κ1) is 29.4. The van der Waals surface area contributed by atoms with Crippen LogP contribution in [0.3, 0.4) is 0 Å². The van der Waals surface area contributed by atoms with Crippen LogP contribution in [0, 0.1) is 5.92 Å². The van der Waals surface area contributed by atoms with Crippen LogP contribution in [-0.2, 0) is 14.8 Å². The topological polar surface area (TPSA) is 70.6 Å². The second kappa shape index (κ2) is 12.0. The van der Waals surface area contributed by atoms with Gasteiger partial charge in [0.15, 0.2) is 0 Å². The van der Waals surface area contributed by atoms with E-state index in [9.17, 15) is 13.2 Å². The minimum atomic E-state index is -3.70. The van der Waals surface area contributed by atoms with Crippen molar-refractivity contribution in [1.29, 1.82) is 0 Å². The van der Waals surface area contributed by atoms with Crippen molar-refractivity contribution in [2.45, 2.75) is 44.2 Å². The lowest BCUT2D eigenvalue weighted by atomic mass is 9.75. The van der Waals surface area contributed by atoms with Crippen molar-refractivity contribution in [1.82, 2.24) is 9.88 Å². The molecule has 0 spiro atoms. The predicted molar refractivity (Wildman–Crippen MR) is 166 cm³/mol. The molecule has 6 nitrogen and oxygen atoms in total. The SMILES string of the molecule is C=CCC1=C(C)[C@H](c2cccc(Cl)c2)[C@@H](c2ccc(Cl)cc2)N(C(CN(c2ccccn2)S(C)(=O)=O)C2CC2)C1=O. The highest BCUT2D eigenvalue weighted by atomic mass is 35.5. The summed E-state index contributed by atoms with van der Waals surface area (Å²) in [6.45, 7) is 6.03. The number of aromatic nitrogens is 1. The quantitative estimate of drug-likeness (QED) is 0.228. The molecule has 3 aromatic rings. The van der Waals surface area contributed by atoms with Crippen molar-refractivity contribution in [2.24, 2.45) is 5.92 Å². The Kier molecular flexibility index (Phi) is 8.60. The molecule has 1 fully saturated rings. The van der Waals surface area contributed by atoms with Crippen LogP contribution in [-0.4, -0.2) is 43.1 Å². The summed E-state index contributed by atoms with van der Waals surface area (Å²) >= 11 is 12.8. The number of benzene rings is 2. The average Bonchev–Trinajstić information content (AvgIpc) is 3.78. The second-order valence-electron chi connectivity index (χ2n) is 10.8. The molecule has 1 amide bonds. The molecule has 1 unspecified atom stereocenters. The minimum absolute atomic E-state index is 0.0963. The Morgan fingerprint density at radius 3 is 2.37 bits per heavy atom. The number of carbonyl (C=O) groups is 1. The summed E-state index contributed by atoms with van der Waals surface area (Å²) in [5.74, 6) is 0.153. The third-order valence-electron chi connectivity index (χ3n) is 8.00. The number of pyridine rings is 1. The van der Waals surface area contributed by atoms with Crippen LogP contribution in [0.25, 0.3) is 0 Å². The van der Waals surface area contributed by atoms with Gasteiger partial charge in [-0.2, -0.15) is 0 Å². The fourth-order valence-corrected chi connectivity index (χ4v) is 7.14. The van der Waals surface area contributed by atoms with Gasteiger partial charge in [-0.15, -0.1) is 6.58 Å². The molecule has 2 heterocycles. The fourth-order valence-electron chi connectivity index (χ4n) is 5.95. The highest BCUT2D eigenvalue weighted by Crippen LogP contribution is 2.51. The molecule has 0 saturated heterocycles. The molecule has 3 atom stereocenters. The van der Waals surface area contributed by atoms with Gasteiger partial charge in [-0.05, 0) is 79.6 Å². The smallest absolute Gasteiger partial charge is 0.250 e. The Morgan fingerprint density at radius 1 is 1.05 bits per heavy atom. The summed E-state index contributed by atoms with van der Waals surface area (Å²) in [6.07, 6.45) is 6.72. The molecule has 1 aliphatic carbocycles. The average molecular weight is 611 g/mol. The highest BCUT2D eigenvalue weighted by molar-refractivity contribution is 7.92. The molecule has 1 saturated carbocycles. The van der Waals surface area contributed by atoms with Crippen LogP contribution >= 0.6 is 23.2 Å². The molecule has 2 aromatic carbocycles. The van der Waals surface area contributed by atoms with Crippen molar-refractivity contribution in [3.8, 4) is 0 Å². The molecular weight excluding hydrogens is 577 g/mol. The highest BCUT2D eigenvalue weighted by Gasteiger charge is 2.49. The van der Waals surface area contributed by atoms with Gasteiger partial charge in [0.25, 0.3) is 5.91 Å². The third kappa shape index (κ3) is 6.22. The number of allylic oxidation sites excluding steroid dienone is 1. The molecule has 1 aliphatic heterocycles. The number of anilines is 1. The Bertz CT molecular complexity index is 1570. The lowest BCUT2D eigenvalue weighted by molar-refractivity contribution is -0.134. The van der Waals surface area contributed by atoms with Gasteiger partial charge in [-0.3, -0.25) is 9.10 Å². The van der Waals surface area contributed by atoms with Crippen molar-refractivity contribution in [3.05, 3.63) is 118 Å². The fraction of sp³-hybridized carbons (Fsp3) is 0.312. The maximum atomic E-state index is 14.5. The normalized spacial score (nSPS) is 20.2. The van der Waals surface area contributed by atoms with Gasteiger partial charge in [0.1, 0.15) is 5.82 Å². The van der Waals surface area contributed by atoms with E-state index in [1.165, 1.54) is 10.6 Å². The van der Waals surface area contributed by atoms with Crippen LogP contribution < -0.4 is 4.31 Å². The maximum absolute atomic E-state index is 14.5. The maximum Gasteiger partial charge on any atom is 0.250 e. The third-order valence-corrected chi connectivity index (χ3v) is 9.62. The Morgan fingerprint density at radius 2 is 1.78 bits per heavy atom. The second-order valence-corrected chi connectivity index (χ2v) is 13.6. The van der Waals surface area contributed by atoms with Crippen molar-refractivity contribution in [2.75, 3.05) is 17.1 Å². The number of carbonyl (C=O) groups excluding carboxylic acids is 1. The van der Waals surface area contributed by atoms with E-state index in [2.05, 4.69) is 11.6 Å². The number of hydrogen-bond donors (Lipinski definition) is 0. The zero-order valence-corrected chi connectivity index (χ0v) is 25.4. The monoisotopic (exact) mass is 609 g/mol. The molecule has 9 heteroatoms. The Balaban J connectivity index is 1.72. The van der Waals surface area contributed by atoms with Crippen LogP contribution in [0.5, 0.6) is 0 Å². The van der Waals surface area contributed by atoms with Crippen molar-refractivity contribution >= 4 is 45.0 Å². The van der Waals surface area contributed by atoms with E-state index in [0.29, 0.717) is 27.9 Å². The standard InChI is InChI=1S/C32H33Cl2N3O3S/c1-4-8-27-21(2)30(24-9-7-10-26(34)19-24)31(23-14-16-25(33)17-15-23)37(32(27)38)28(22-12-13-22)20-36(41(3,39)40)29-11-5-6-18-35-29/h4-7,9-11,14-19,22,28,30-31H,1,8,12-13,20H2,2-3H3/t28?,30-,31-/m1/s1. The molecule has 1 aromatic heterocycles. The summed E-state index contributed by atoms with van der Waals surface area (Å²) in [5, 5.41) is 1.20. The zero-order chi connectivity index (χ0) is 29.3. The largest absolute Gasteiger partial charge is 0.326 e. The number of halogens is 2. The first-order valence-electron chi connectivity index (χ1n) is 13.6. The number of hydrogen-bond acceptors (Lipinski definition) is 4. The minimum Gasteiger partial charge on any atom is -0.326 e. The van der Waals surface area contributed by atoms with Gasteiger partial charge in [0.05, 0.1) is 24.9 Å². The molecule has 214 valence electrons. The van der Waals surface area contributed by atoms with Crippen molar-refractivity contribution < 1.29 is 13.2 Å². The Hall–Kier alpha value is -3.13. The van der Waals surface area contributed by atoms with E-state index in [1.54, 1.807) is 30.5 Å². The number of sulfonamides is 1. The van der Waals surface area contributed by atoms with Gasteiger partial charge < -0.3 is 4.90 Å². The number of rotatable bonds is 10. The summed E-state index contributed by atoms with van der Waals surface area (Å²) in [4.78, 5) is 20.8. The van der Waals surface area contributed by atoms with Crippen LogP contribution in [0.15, 0.2) is 96.7 Å². The van der Waals surface area contributed by atoms with Gasteiger partial charge in [-0.25, -0.2) is 13.4 Å². The van der Waals surface area contributed by atoms with Crippen molar-refractivity contribution in [3.63, 3.8) is 0 Å². The zero-order valence-electron chi connectivity index (χ0n) is 23.1. The van der Waals surface area contributed by atoms with E-state index >= 15 is 0 Å². The summed E-state index contributed by atoms with van der Waals surface area (Å²) in [5.41, 5.74) is 3.52. The van der Waals surface area contributed by atoms with Gasteiger partial charge in [-0.1, -0.05) is 65.2 Å². The van der Waals surface area contributed by atoms with E-state index in [4.69, 9.17) is 23.2 Å². The summed E-state index contributed by atoms with van der Waals surface area (Å²) < 4.78 is 27.6. The van der Waals surface area contributed by atoms with Gasteiger partial charge >= 0.3 is 0 Å². The van der Waals surface area contributed by atoms with Crippen LogP contribution in [0.2, 0.25) is 10.0 Å². The number of amides is 1. The van der Waals surface area contributed by atoms with E-state index < -0.39 is 22.1 Å². The molecule has 0 radical (unpaired) electrons. The van der Waals surface area contributed by atoms with Crippen LogP contribution in [0.1, 0.15) is 49.3 Å². The molecular formula is C32H33Cl2N3O3S. The number of nitrogens with zero attached hydrogens (tertiary/aromatic N) is 3. The predicted octanol–water partition coefficient (Wildman–Crippen LogP) is 7.19. The molecule has 5 rings (SSSR count). The van der Waals surface area contributed by atoms with E-state index in [0.717, 1.165) is 29.5 Å². The molecule has 0 N–H and O–H groups in total. The van der Waals surface area contributed by atoms with E-state index in [-0.39, 0.29) is 24.3 Å². The van der Waals surface area contributed by atoms with E-state index in [1.807, 2.05) is 60.4 Å². The first-order valence-corrected chi connectivity index (χ1v) is 16.2. The molecule has 0 bridgehead atoms. The van der Waals surface area contributed by atoms with Gasteiger partial charge in [0, 0.05) is 27.7 Å². The Labute approximate surface area is 252 Å². The molecule has 2 aliphatic rings. The lowest BCUT2D eigenvalue weighted by Crippen LogP contribution is -2.54. The van der Waals surface area contributed by atoms with Gasteiger partial charge in [0.2, 0.25) is 10.0 Å². The summed E-state index contributed by atoms with van der Waals surface area (Å²) in [6, 6.07) is 19.7. The summed E-state index contributed by atoms with van der Waals surface area (Å²) in [7, 11) is -3.70. The lowest BCUT2D eigenvalue weighted by Gasteiger charge is -2.48.